The summed E-state index contributed by atoms with van der Waals surface area (Å²) >= 11 is 0. The smallest absolute Gasteiger partial charge is 0.366 e. The lowest BCUT2D eigenvalue weighted by Gasteiger charge is -2.26. The van der Waals surface area contributed by atoms with Gasteiger partial charge in [-0.15, -0.1) is 0 Å². The van der Waals surface area contributed by atoms with Crippen molar-refractivity contribution in [3.8, 4) is 11.1 Å². The first-order valence-electron chi connectivity index (χ1n) is 14.4. The van der Waals surface area contributed by atoms with Gasteiger partial charge < -0.3 is 11.1 Å². The molecule has 1 aliphatic carbocycles. The van der Waals surface area contributed by atoms with E-state index in [9.17, 15) is 31.1 Å². The number of aromatic nitrogens is 3. The lowest BCUT2D eigenvalue weighted by Crippen LogP contribution is -2.32. The zero-order valence-corrected chi connectivity index (χ0v) is 23.9. The van der Waals surface area contributed by atoms with Crippen molar-refractivity contribution in [2.24, 2.45) is 5.73 Å². The molecule has 1 unspecified atom stereocenters. The van der Waals surface area contributed by atoms with Gasteiger partial charge in [0.05, 0.1) is 23.3 Å². The van der Waals surface area contributed by atoms with Gasteiger partial charge in [0, 0.05) is 35.6 Å². The molecule has 4 aromatic rings. The number of nitrogens with one attached hydrogen (secondary N) is 1. The highest BCUT2D eigenvalue weighted by Gasteiger charge is 2.40. The summed E-state index contributed by atoms with van der Waals surface area (Å²) in [6, 6.07) is 9.22. The van der Waals surface area contributed by atoms with E-state index in [4.69, 9.17) is 5.73 Å². The van der Waals surface area contributed by atoms with Crippen molar-refractivity contribution in [1.29, 1.82) is 0 Å². The lowest BCUT2D eigenvalue weighted by molar-refractivity contribution is -0.142. The standard InChI is InChI=1S/C32H31F6N5O/c1-2-22(43-28-8-4-3-6-24(28)30(42-43)32(36,37)38)17-41-27(14-18-12-20(33)16-21(34)13-18)29-23(7-5-11-40-29)19-9-10-26(35)25(15-19)31(39)44/h5,7,9-13,15-16,22,27,41H,2-4,6,8,14,17H2,1H3,(H2,39,44)/t22?,27-/m0/s1. The number of fused-ring (bicyclic) bond motifs is 1. The monoisotopic (exact) mass is 615 g/mol. The van der Waals surface area contributed by atoms with E-state index in [-0.39, 0.29) is 24.1 Å². The molecule has 1 amide bonds. The van der Waals surface area contributed by atoms with Gasteiger partial charge in [0.15, 0.2) is 5.69 Å². The summed E-state index contributed by atoms with van der Waals surface area (Å²) in [6.07, 6.45) is -0.331. The summed E-state index contributed by atoms with van der Waals surface area (Å²) in [7, 11) is 0. The van der Waals surface area contributed by atoms with Gasteiger partial charge in [-0.25, -0.2) is 13.2 Å². The van der Waals surface area contributed by atoms with Crippen LogP contribution >= 0.6 is 0 Å². The number of pyridine rings is 1. The molecule has 6 nitrogen and oxygen atoms in total. The summed E-state index contributed by atoms with van der Waals surface area (Å²) in [5.41, 5.74) is 6.69. The van der Waals surface area contributed by atoms with E-state index in [1.807, 2.05) is 6.92 Å². The molecule has 2 atom stereocenters. The normalized spacial score (nSPS) is 14.7. The van der Waals surface area contributed by atoms with Crippen molar-refractivity contribution in [1.82, 2.24) is 20.1 Å². The molecule has 0 spiro atoms. The predicted molar refractivity (Wildman–Crippen MR) is 152 cm³/mol. The Kier molecular flexibility index (Phi) is 9.10. The number of hydrogen-bond acceptors (Lipinski definition) is 4. The fourth-order valence-electron chi connectivity index (χ4n) is 5.89. The minimum Gasteiger partial charge on any atom is -0.366 e. The number of primary amides is 1. The average Bonchev–Trinajstić information content (AvgIpc) is 3.37. The number of carbonyl (C=O) groups is 1. The van der Waals surface area contributed by atoms with Crippen LogP contribution in [-0.2, 0) is 25.4 Å². The zero-order chi connectivity index (χ0) is 31.6. The molecule has 12 heteroatoms. The van der Waals surface area contributed by atoms with Crippen molar-refractivity contribution >= 4 is 5.91 Å². The van der Waals surface area contributed by atoms with Crippen molar-refractivity contribution in [2.45, 2.75) is 63.7 Å². The first-order valence-corrected chi connectivity index (χ1v) is 14.4. The van der Waals surface area contributed by atoms with Gasteiger partial charge >= 0.3 is 6.18 Å². The number of hydrogen-bond donors (Lipinski definition) is 2. The molecule has 0 aliphatic heterocycles. The summed E-state index contributed by atoms with van der Waals surface area (Å²) in [4.78, 5) is 16.4. The highest BCUT2D eigenvalue weighted by Crippen LogP contribution is 2.37. The molecule has 0 saturated carbocycles. The van der Waals surface area contributed by atoms with Crippen LogP contribution in [0.5, 0.6) is 0 Å². The molecule has 232 valence electrons. The molecular weight excluding hydrogens is 584 g/mol. The van der Waals surface area contributed by atoms with Crippen LogP contribution in [0.15, 0.2) is 54.7 Å². The Bertz CT molecular complexity index is 1650. The van der Waals surface area contributed by atoms with Crippen LogP contribution in [0.3, 0.4) is 0 Å². The number of amides is 1. The number of alkyl halides is 3. The van der Waals surface area contributed by atoms with Crippen LogP contribution < -0.4 is 11.1 Å². The SMILES string of the molecule is CCC(CN[C@@H](Cc1cc(F)cc(F)c1)c1ncccc1-c1ccc(F)c(C(N)=O)c1)n1nc(C(F)(F)F)c2c1CCCC2. The number of carbonyl (C=O) groups excluding carboxylic acids is 1. The molecule has 5 rings (SSSR count). The Morgan fingerprint density at radius 1 is 1.05 bits per heavy atom. The first kappa shape index (κ1) is 31.2. The minimum atomic E-state index is -4.58. The lowest BCUT2D eigenvalue weighted by atomic mass is 9.94. The summed E-state index contributed by atoms with van der Waals surface area (Å²) in [5, 5.41) is 7.42. The summed E-state index contributed by atoms with van der Waals surface area (Å²) in [5.74, 6) is -3.27. The Balaban J connectivity index is 1.54. The number of nitrogens with zero attached hydrogens (tertiary/aromatic N) is 3. The largest absolute Gasteiger partial charge is 0.435 e. The first-order chi connectivity index (χ1) is 21.0. The van der Waals surface area contributed by atoms with Crippen LogP contribution in [0.4, 0.5) is 26.3 Å². The molecule has 0 saturated heterocycles. The molecule has 0 fully saturated rings. The minimum absolute atomic E-state index is 0.0595. The topological polar surface area (TPSA) is 85.8 Å². The number of nitrogens with two attached hydrogens (primary N) is 1. The Morgan fingerprint density at radius 2 is 1.77 bits per heavy atom. The Hall–Kier alpha value is -4.19. The number of benzene rings is 2. The average molecular weight is 616 g/mol. The van der Waals surface area contributed by atoms with Gasteiger partial charge in [-0.05, 0) is 80.0 Å². The van der Waals surface area contributed by atoms with Crippen molar-refractivity contribution in [3.63, 3.8) is 0 Å². The molecule has 2 aromatic heterocycles. The maximum Gasteiger partial charge on any atom is 0.435 e. The van der Waals surface area contributed by atoms with Crippen LogP contribution in [0.2, 0.25) is 0 Å². The zero-order valence-electron chi connectivity index (χ0n) is 23.9. The van der Waals surface area contributed by atoms with E-state index in [0.717, 1.165) is 18.6 Å². The molecule has 44 heavy (non-hydrogen) atoms. The van der Waals surface area contributed by atoms with E-state index < -0.39 is 47.3 Å². The second kappa shape index (κ2) is 12.8. The second-order valence-corrected chi connectivity index (χ2v) is 10.9. The maximum absolute atomic E-state index is 14.3. The summed E-state index contributed by atoms with van der Waals surface area (Å²) < 4.78 is 85.8. The number of halogens is 6. The van der Waals surface area contributed by atoms with E-state index in [1.54, 1.807) is 12.1 Å². The van der Waals surface area contributed by atoms with E-state index >= 15 is 0 Å². The van der Waals surface area contributed by atoms with Gasteiger partial charge in [-0.1, -0.05) is 19.1 Å². The predicted octanol–water partition coefficient (Wildman–Crippen LogP) is 6.88. The van der Waals surface area contributed by atoms with E-state index in [1.165, 1.54) is 35.1 Å². The van der Waals surface area contributed by atoms with Crippen LogP contribution in [0.25, 0.3) is 11.1 Å². The molecule has 0 radical (unpaired) electrons. The molecule has 2 heterocycles. The van der Waals surface area contributed by atoms with Crippen molar-refractivity contribution < 1.29 is 31.1 Å². The van der Waals surface area contributed by atoms with Gasteiger partial charge in [0.25, 0.3) is 5.91 Å². The fourth-order valence-corrected chi connectivity index (χ4v) is 5.89. The molecule has 3 N–H and O–H groups in total. The third kappa shape index (κ3) is 6.64. The quantitative estimate of drug-likeness (QED) is 0.191. The molecular formula is C32H31F6N5O. The maximum atomic E-state index is 14.3. The second-order valence-electron chi connectivity index (χ2n) is 10.9. The Labute approximate surface area is 250 Å². The highest BCUT2D eigenvalue weighted by atomic mass is 19.4. The number of rotatable bonds is 10. The molecule has 0 bridgehead atoms. The van der Waals surface area contributed by atoms with Crippen molar-refractivity contribution in [3.05, 3.63) is 106 Å². The van der Waals surface area contributed by atoms with Gasteiger partial charge in [0.1, 0.15) is 17.5 Å². The van der Waals surface area contributed by atoms with Crippen LogP contribution in [0.1, 0.15) is 76.8 Å². The molecule has 2 aromatic carbocycles. The third-order valence-corrected chi connectivity index (χ3v) is 7.97. The van der Waals surface area contributed by atoms with Crippen LogP contribution in [0, 0.1) is 17.5 Å². The van der Waals surface area contributed by atoms with Gasteiger partial charge in [-0.3, -0.25) is 14.5 Å². The summed E-state index contributed by atoms with van der Waals surface area (Å²) in [6.45, 7) is 2.01. The van der Waals surface area contributed by atoms with Crippen LogP contribution in [-0.4, -0.2) is 27.2 Å². The van der Waals surface area contributed by atoms with E-state index in [2.05, 4.69) is 15.4 Å². The fraction of sp³-hybridized carbons (Fsp3) is 0.344. The van der Waals surface area contributed by atoms with Crippen molar-refractivity contribution in [2.75, 3.05) is 6.54 Å². The van der Waals surface area contributed by atoms with Gasteiger partial charge in [0.2, 0.25) is 0 Å². The van der Waals surface area contributed by atoms with E-state index in [0.29, 0.717) is 53.8 Å². The highest BCUT2D eigenvalue weighted by molar-refractivity contribution is 5.94. The van der Waals surface area contributed by atoms with Gasteiger partial charge in [-0.2, -0.15) is 18.3 Å². The third-order valence-electron chi connectivity index (χ3n) is 7.97. The molecule has 1 aliphatic rings. The Morgan fingerprint density at radius 3 is 2.45 bits per heavy atom.